The fourth-order valence-electron chi connectivity index (χ4n) is 3.26. The number of fused-ring (bicyclic) bond motifs is 1. The summed E-state index contributed by atoms with van der Waals surface area (Å²) in [5.74, 6) is 0.852. The van der Waals surface area contributed by atoms with Crippen LogP contribution in [0.2, 0.25) is 0 Å². The summed E-state index contributed by atoms with van der Waals surface area (Å²) < 4.78 is 26.6. The second-order valence-corrected chi connectivity index (χ2v) is 6.48. The van der Waals surface area contributed by atoms with Crippen LogP contribution in [-0.2, 0) is 0 Å². The van der Waals surface area contributed by atoms with Crippen LogP contribution in [0.1, 0.15) is 16.1 Å². The van der Waals surface area contributed by atoms with Crippen molar-refractivity contribution in [2.45, 2.75) is 6.92 Å². The SMILES string of the molecule is COc1ccc(-c2c(C)c3cc(OC(=O)c4ccco4)ccc3oc2=O)c(OC)c1. The number of hydrogen-bond acceptors (Lipinski definition) is 7. The minimum atomic E-state index is -0.619. The summed E-state index contributed by atoms with van der Waals surface area (Å²) in [7, 11) is 3.07. The molecule has 0 spiro atoms. The minimum Gasteiger partial charge on any atom is -0.497 e. The molecule has 0 aliphatic rings. The molecule has 152 valence electrons. The van der Waals surface area contributed by atoms with Crippen LogP contribution in [0.15, 0.2) is 68.4 Å². The smallest absolute Gasteiger partial charge is 0.379 e. The van der Waals surface area contributed by atoms with Gasteiger partial charge in [0.25, 0.3) is 0 Å². The van der Waals surface area contributed by atoms with Crippen molar-refractivity contribution in [1.29, 1.82) is 0 Å². The molecule has 0 amide bonds. The maximum absolute atomic E-state index is 12.7. The van der Waals surface area contributed by atoms with Gasteiger partial charge < -0.3 is 23.0 Å². The average molecular weight is 406 g/mol. The third kappa shape index (κ3) is 3.41. The largest absolute Gasteiger partial charge is 0.497 e. The summed E-state index contributed by atoms with van der Waals surface area (Å²) in [5, 5.41) is 0.632. The van der Waals surface area contributed by atoms with Gasteiger partial charge in [-0.1, -0.05) is 0 Å². The molecule has 30 heavy (non-hydrogen) atoms. The molecule has 2 heterocycles. The minimum absolute atomic E-state index is 0.0927. The van der Waals surface area contributed by atoms with Crippen LogP contribution < -0.4 is 19.8 Å². The molecule has 0 aliphatic carbocycles. The highest BCUT2D eigenvalue weighted by Crippen LogP contribution is 2.36. The van der Waals surface area contributed by atoms with Crippen LogP contribution >= 0.6 is 0 Å². The van der Waals surface area contributed by atoms with Gasteiger partial charge in [-0.25, -0.2) is 9.59 Å². The number of ether oxygens (including phenoxy) is 3. The number of methoxy groups -OCH3 is 2. The van der Waals surface area contributed by atoms with Crippen molar-refractivity contribution in [3.8, 4) is 28.4 Å². The Hall–Kier alpha value is -4.00. The van der Waals surface area contributed by atoms with Crippen molar-refractivity contribution in [1.82, 2.24) is 0 Å². The second kappa shape index (κ2) is 7.79. The molecule has 7 heteroatoms. The van der Waals surface area contributed by atoms with Crippen LogP contribution in [0.5, 0.6) is 17.2 Å². The van der Waals surface area contributed by atoms with E-state index in [0.717, 1.165) is 0 Å². The highest BCUT2D eigenvalue weighted by atomic mass is 16.5. The van der Waals surface area contributed by atoms with E-state index in [-0.39, 0.29) is 5.76 Å². The number of esters is 1. The monoisotopic (exact) mass is 406 g/mol. The molecule has 0 saturated carbocycles. The van der Waals surface area contributed by atoms with Crippen LogP contribution in [0, 0.1) is 6.92 Å². The van der Waals surface area contributed by atoms with Gasteiger partial charge in [0.05, 0.1) is 26.0 Å². The van der Waals surface area contributed by atoms with E-state index in [1.54, 1.807) is 56.5 Å². The first-order chi connectivity index (χ1) is 14.5. The summed E-state index contributed by atoms with van der Waals surface area (Å²) in [6.45, 7) is 1.80. The molecule has 4 aromatic rings. The molecule has 0 fully saturated rings. The molecule has 0 atom stereocenters. The molecule has 0 N–H and O–H groups in total. The van der Waals surface area contributed by atoms with Crippen molar-refractivity contribution in [2.24, 2.45) is 0 Å². The lowest BCUT2D eigenvalue weighted by Gasteiger charge is -2.13. The lowest BCUT2D eigenvalue weighted by Crippen LogP contribution is -2.09. The van der Waals surface area contributed by atoms with Gasteiger partial charge in [-0.2, -0.15) is 0 Å². The number of carbonyl (C=O) groups excluding carboxylic acids is 1. The quantitative estimate of drug-likeness (QED) is 0.272. The Morgan fingerprint density at radius 2 is 1.77 bits per heavy atom. The predicted octanol–water partition coefficient (Wildman–Crippen LogP) is 4.60. The topological polar surface area (TPSA) is 88.1 Å². The van der Waals surface area contributed by atoms with Gasteiger partial charge in [-0.3, -0.25) is 0 Å². The van der Waals surface area contributed by atoms with E-state index in [0.29, 0.717) is 44.9 Å². The zero-order valence-electron chi connectivity index (χ0n) is 16.6. The van der Waals surface area contributed by atoms with Crippen LogP contribution in [0.4, 0.5) is 0 Å². The highest BCUT2D eigenvalue weighted by Gasteiger charge is 2.19. The van der Waals surface area contributed by atoms with E-state index in [2.05, 4.69) is 0 Å². The molecule has 0 aliphatic heterocycles. The van der Waals surface area contributed by atoms with Gasteiger partial charge in [0.2, 0.25) is 5.76 Å². The number of hydrogen-bond donors (Lipinski definition) is 0. The van der Waals surface area contributed by atoms with Crippen LogP contribution in [0.3, 0.4) is 0 Å². The van der Waals surface area contributed by atoms with Gasteiger partial charge in [0, 0.05) is 17.0 Å². The molecule has 0 radical (unpaired) electrons. The van der Waals surface area contributed by atoms with E-state index >= 15 is 0 Å². The predicted molar refractivity (Wildman–Crippen MR) is 109 cm³/mol. The number of benzene rings is 2. The summed E-state index contributed by atoms with van der Waals surface area (Å²) in [6, 6.07) is 13.1. The van der Waals surface area contributed by atoms with Crippen LogP contribution in [-0.4, -0.2) is 20.2 Å². The van der Waals surface area contributed by atoms with Crippen molar-refractivity contribution < 1.29 is 27.8 Å². The van der Waals surface area contributed by atoms with Crippen molar-refractivity contribution in [3.63, 3.8) is 0 Å². The van der Waals surface area contributed by atoms with E-state index in [1.165, 1.54) is 19.4 Å². The molecular weight excluding hydrogens is 388 g/mol. The Morgan fingerprint density at radius 3 is 2.47 bits per heavy atom. The van der Waals surface area contributed by atoms with Crippen molar-refractivity contribution in [2.75, 3.05) is 14.2 Å². The van der Waals surface area contributed by atoms with Gasteiger partial charge >= 0.3 is 11.6 Å². The average Bonchev–Trinajstić information content (AvgIpc) is 3.29. The molecule has 4 rings (SSSR count). The summed E-state index contributed by atoms with van der Waals surface area (Å²) in [6.07, 6.45) is 1.39. The normalized spacial score (nSPS) is 10.8. The number of aryl methyl sites for hydroxylation is 1. The Bertz CT molecular complexity index is 1280. The van der Waals surface area contributed by atoms with E-state index < -0.39 is 11.6 Å². The fraction of sp³-hybridized carbons (Fsp3) is 0.130. The molecule has 2 aromatic carbocycles. The Labute approximate surface area is 171 Å². The standard InChI is InChI=1S/C23H18O7/c1-13-17-11-15(29-22(24)19-5-4-10-28-19)7-9-18(17)30-23(25)21(13)16-8-6-14(26-2)12-20(16)27-3/h4-12H,1-3H3. The lowest BCUT2D eigenvalue weighted by atomic mass is 9.98. The second-order valence-electron chi connectivity index (χ2n) is 6.48. The summed E-state index contributed by atoms with van der Waals surface area (Å²) in [5.41, 5.74) is 1.48. The Balaban J connectivity index is 1.82. The number of carbonyl (C=O) groups is 1. The maximum atomic E-state index is 12.7. The first kappa shape index (κ1) is 19.3. The zero-order valence-corrected chi connectivity index (χ0v) is 16.6. The number of furan rings is 1. The zero-order chi connectivity index (χ0) is 21.3. The molecular formula is C23H18O7. The lowest BCUT2D eigenvalue weighted by molar-refractivity contribution is 0.0701. The van der Waals surface area contributed by atoms with Gasteiger partial charge in [0.15, 0.2) is 0 Å². The third-order valence-corrected chi connectivity index (χ3v) is 4.75. The fourth-order valence-corrected chi connectivity index (χ4v) is 3.26. The first-order valence-electron chi connectivity index (χ1n) is 9.07. The van der Waals surface area contributed by atoms with E-state index in [4.69, 9.17) is 23.0 Å². The first-order valence-corrected chi connectivity index (χ1v) is 9.07. The van der Waals surface area contributed by atoms with Gasteiger partial charge in [-0.05, 0) is 55.0 Å². The van der Waals surface area contributed by atoms with Crippen molar-refractivity contribution >= 4 is 16.9 Å². The molecule has 0 bridgehead atoms. The Kier molecular flexibility index (Phi) is 5.02. The van der Waals surface area contributed by atoms with E-state index in [1.807, 2.05) is 0 Å². The van der Waals surface area contributed by atoms with Crippen molar-refractivity contribution in [3.05, 3.63) is 76.5 Å². The molecule has 2 aromatic heterocycles. The third-order valence-electron chi connectivity index (χ3n) is 4.75. The summed E-state index contributed by atoms with van der Waals surface area (Å²) >= 11 is 0. The molecule has 0 saturated heterocycles. The Morgan fingerprint density at radius 1 is 0.967 bits per heavy atom. The number of rotatable bonds is 5. The van der Waals surface area contributed by atoms with Gasteiger partial charge in [0.1, 0.15) is 22.8 Å². The van der Waals surface area contributed by atoms with E-state index in [9.17, 15) is 9.59 Å². The highest BCUT2D eigenvalue weighted by molar-refractivity contribution is 5.91. The van der Waals surface area contributed by atoms with Crippen LogP contribution in [0.25, 0.3) is 22.1 Å². The molecule has 7 nitrogen and oxygen atoms in total. The molecule has 0 unspecified atom stereocenters. The maximum Gasteiger partial charge on any atom is 0.379 e. The summed E-state index contributed by atoms with van der Waals surface area (Å²) in [4.78, 5) is 24.9. The van der Waals surface area contributed by atoms with Gasteiger partial charge in [-0.15, -0.1) is 0 Å².